The number of anilines is 1. The fourth-order valence-corrected chi connectivity index (χ4v) is 1.66. The average molecular weight is 280 g/mol. The van der Waals surface area contributed by atoms with Gasteiger partial charge >= 0.3 is 5.97 Å². The number of benzene rings is 1. The summed E-state index contributed by atoms with van der Waals surface area (Å²) < 4.78 is 4.37. The van der Waals surface area contributed by atoms with Crippen LogP contribution in [-0.2, 0) is 19.7 Å². The van der Waals surface area contributed by atoms with E-state index in [0.717, 1.165) is 5.56 Å². The Hall–Kier alpha value is -2.08. The molecule has 0 radical (unpaired) electrons. The number of carbonyl (C=O) groups is 2. The number of methoxy groups -OCH3 is 1. The molecule has 0 spiro atoms. The van der Waals surface area contributed by atoms with Crippen molar-refractivity contribution in [1.82, 2.24) is 5.32 Å². The van der Waals surface area contributed by atoms with Gasteiger partial charge in [0, 0.05) is 5.69 Å². The minimum Gasteiger partial charge on any atom is -0.467 e. The molecule has 0 aliphatic heterocycles. The molecule has 1 amide bonds. The number of aliphatic hydroxyl groups is 1. The van der Waals surface area contributed by atoms with Crippen LogP contribution >= 0.6 is 0 Å². The number of rotatable bonds is 5. The molecule has 0 heterocycles. The average Bonchev–Trinajstić information content (AvgIpc) is 2.43. The Kier molecular flexibility index (Phi) is 5.10. The van der Waals surface area contributed by atoms with Gasteiger partial charge in [-0.1, -0.05) is 12.1 Å². The standard InChI is InChI=1S/C14H20N2O4/c1-14(2,9-4-6-10(15)7-5-9)13(19)16-8-11(17)12(18)20-3/h4-7,11,17H,8,15H2,1-3H3,(H,16,19). The van der Waals surface area contributed by atoms with Crippen molar-refractivity contribution in [3.8, 4) is 0 Å². The van der Waals surface area contributed by atoms with Gasteiger partial charge in [-0.05, 0) is 31.5 Å². The zero-order chi connectivity index (χ0) is 15.3. The predicted octanol–water partition coefficient (Wildman–Crippen LogP) is 0.197. The van der Waals surface area contributed by atoms with Gasteiger partial charge in [-0.2, -0.15) is 0 Å². The third-order valence-electron chi connectivity index (χ3n) is 3.13. The predicted molar refractivity (Wildman–Crippen MR) is 74.9 cm³/mol. The van der Waals surface area contributed by atoms with Crippen molar-refractivity contribution >= 4 is 17.6 Å². The van der Waals surface area contributed by atoms with Crippen LogP contribution < -0.4 is 11.1 Å². The van der Waals surface area contributed by atoms with E-state index in [2.05, 4.69) is 10.1 Å². The number of nitrogens with one attached hydrogen (secondary N) is 1. The van der Waals surface area contributed by atoms with Gasteiger partial charge in [0.05, 0.1) is 19.1 Å². The Morgan fingerprint density at radius 1 is 1.35 bits per heavy atom. The molecule has 4 N–H and O–H groups in total. The van der Waals surface area contributed by atoms with Crippen molar-refractivity contribution in [3.05, 3.63) is 29.8 Å². The van der Waals surface area contributed by atoms with Gasteiger partial charge in [-0.15, -0.1) is 0 Å². The first-order valence-corrected chi connectivity index (χ1v) is 6.19. The Balaban J connectivity index is 2.70. The van der Waals surface area contributed by atoms with Crippen molar-refractivity contribution in [2.45, 2.75) is 25.4 Å². The van der Waals surface area contributed by atoms with E-state index in [1.165, 1.54) is 7.11 Å². The lowest BCUT2D eigenvalue weighted by Gasteiger charge is -2.24. The molecule has 0 aliphatic rings. The molecule has 1 aromatic rings. The third kappa shape index (κ3) is 3.71. The molecule has 1 atom stereocenters. The lowest BCUT2D eigenvalue weighted by molar-refractivity contribution is -0.150. The summed E-state index contributed by atoms with van der Waals surface area (Å²) in [5, 5.41) is 12.0. The molecule has 1 unspecified atom stereocenters. The van der Waals surface area contributed by atoms with Crippen LogP contribution in [0.3, 0.4) is 0 Å². The lowest BCUT2D eigenvalue weighted by Crippen LogP contribution is -2.45. The highest BCUT2D eigenvalue weighted by atomic mass is 16.5. The largest absolute Gasteiger partial charge is 0.467 e. The maximum absolute atomic E-state index is 12.2. The first-order chi connectivity index (χ1) is 9.28. The summed E-state index contributed by atoms with van der Waals surface area (Å²) in [6.45, 7) is 3.31. The number of ether oxygens (including phenoxy) is 1. The molecule has 0 saturated carbocycles. The van der Waals surface area contributed by atoms with Crippen LogP contribution in [0.2, 0.25) is 0 Å². The molecule has 0 aliphatic carbocycles. The van der Waals surface area contributed by atoms with Crippen molar-refractivity contribution in [1.29, 1.82) is 0 Å². The summed E-state index contributed by atoms with van der Waals surface area (Å²) in [7, 11) is 1.17. The molecular weight excluding hydrogens is 260 g/mol. The highest BCUT2D eigenvalue weighted by molar-refractivity contribution is 5.88. The number of amides is 1. The topological polar surface area (TPSA) is 102 Å². The molecule has 0 bridgehead atoms. The Morgan fingerprint density at radius 3 is 2.40 bits per heavy atom. The minimum atomic E-state index is -1.37. The fourth-order valence-electron chi connectivity index (χ4n) is 1.66. The smallest absolute Gasteiger partial charge is 0.336 e. The van der Waals surface area contributed by atoms with Gasteiger partial charge in [-0.3, -0.25) is 4.79 Å². The van der Waals surface area contributed by atoms with E-state index < -0.39 is 17.5 Å². The number of esters is 1. The second kappa shape index (κ2) is 6.38. The fraction of sp³-hybridized carbons (Fsp3) is 0.429. The van der Waals surface area contributed by atoms with E-state index in [1.54, 1.807) is 38.1 Å². The van der Waals surface area contributed by atoms with Gasteiger partial charge in [0.25, 0.3) is 0 Å². The van der Waals surface area contributed by atoms with Crippen LogP contribution in [-0.4, -0.2) is 36.7 Å². The van der Waals surface area contributed by atoms with Gasteiger partial charge < -0.3 is 20.9 Å². The number of nitrogens with two attached hydrogens (primary N) is 1. The van der Waals surface area contributed by atoms with Gasteiger partial charge in [0.15, 0.2) is 6.10 Å². The highest BCUT2D eigenvalue weighted by Gasteiger charge is 2.30. The van der Waals surface area contributed by atoms with Gasteiger partial charge in [0.2, 0.25) is 5.91 Å². The molecular formula is C14H20N2O4. The molecule has 20 heavy (non-hydrogen) atoms. The van der Waals surface area contributed by atoms with Crippen LogP contribution in [0.5, 0.6) is 0 Å². The molecule has 6 nitrogen and oxygen atoms in total. The van der Waals surface area contributed by atoms with Crippen LogP contribution in [0.1, 0.15) is 19.4 Å². The van der Waals surface area contributed by atoms with E-state index in [4.69, 9.17) is 5.73 Å². The molecule has 110 valence electrons. The summed E-state index contributed by atoms with van der Waals surface area (Å²) in [6.07, 6.45) is -1.37. The third-order valence-corrected chi connectivity index (χ3v) is 3.13. The second-order valence-corrected chi connectivity index (χ2v) is 5.00. The van der Waals surface area contributed by atoms with Crippen LogP contribution in [0.15, 0.2) is 24.3 Å². The Bertz CT molecular complexity index is 482. The number of carbonyl (C=O) groups excluding carboxylic acids is 2. The quantitative estimate of drug-likeness (QED) is 0.528. The number of hydrogen-bond donors (Lipinski definition) is 3. The number of hydrogen-bond acceptors (Lipinski definition) is 5. The first-order valence-electron chi connectivity index (χ1n) is 6.19. The van der Waals surface area contributed by atoms with Crippen molar-refractivity contribution in [2.24, 2.45) is 0 Å². The van der Waals surface area contributed by atoms with Crippen molar-refractivity contribution in [2.75, 3.05) is 19.4 Å². The lowest BCUT2D eigenvalue weighted by atomic mass is 9.83. The van der Waals surface area contributed by atoms with E-state index >= 15 is 0 Å². The number of aliphatic hydroxyl groups excluding tert-OH is 1. The Morgan fingerprint density at radius 2 is 1.90 bits per heavy atom. The monoisotopic (exact) mass is 280 g/mol. The zero-order valence-electron chi connectivity index (χ0n) is 11.8. The first kappa shape index (κ1) is 16.0. The highest BCUT2D eigenvalue weighted by Crippen LogP contribution is 2.24. The maximum Gasteiger partial charge on any atom is 0.336 e. The van der Waals surface area contributed by atoms with Gasteiger partial charge in [-0.25, -0.2) is 4.79 Å². The van der Waals surface area contributed by atoms with Crippen LogP contribution in [0, 0.1) is 0 Å². The summed E-state index contributed by atoms with van der Waals surface area (Å²) >= 11 is 0. The molecule has 6 heteroatoms. The van der Waals surface area contributed by atoms with Crippen LogP contribution in [0.25, 0.3) is 0 Å². The molecule has 1 rings (SSSR count). The maximum atomic E-state index is 12.2. The SMILES string of the molecule is COC(=O)C(O)CNC(=O)C(C)(C)c1ccc(N)cc1. The van der Waals surface area contributed by atoms with Crippen molar-refractivity contribution < 1.29 is 19.4 Å². The minimum absolute atomic E-state index is 0.191. The van der Waals surface area contributed by atoms with Gasteiger partial charge in [0.1, 0.15) is 0 Å². The summed E-state index contributed by atoms with van der Waals surface area (Å²) in [4.78, 5) is 23.2. The molecule has 0 fully saturated rings. The summed E-state index contributed by atoms with van der Waals surface area (Å²) in [5.41, 5.74) is 6.21. The summed E-state index contributed by atoms with van der Waals surface area (Å²) in [5.74, 6) is -1.08. The zero-order valence-corrected chi connectivity index (χ0v) is 11.8. The van der Waals surface area contributed by atoms with E-state index in [-0.39, 0.29) is 12.5 Å². The normalized spacial score (nSPS) is 12.6. The van der Waals surface area contributed by atoms with Crippen LogP contribution in [0.4, 0.5) is 5.69 Å². The molecule has 0 aromatic heterocycles. The Labute approximate surface area is 117 Å². The van der Waals surface area contributed by atoms with E-state index in [0.29, 0.717) is 5.69 Å². The van der Waals surface area contributed by atoms with Crippen molar-refractivity contribution in [3.63, 3.8) is 0 Å². The number of nitrogen functional groups attached to an aromatic ring is 1. The second-order valence-electron chi connectivity index (χ2n) is 5.00. The van der Waals surface area contributed by atoms with E-state index in [1.807, 2.05) is 0 Å². The van der Waals surface area contributed by atoms with E-state index in [9.17, 15) is 14.7 Å². The molecule has 0 saturated heterocycles. The summed E-state index contributed by atoms with van der Waals surface area (Å²) in [6, 6.07) is 6.97. The molecule has 1 aromatic carbocycles.